The summed E-state index contributed by atoms with van der Waals surface area (Å²) in [7, 11) is 0. The third-order valence-corrected chi connectivity index (χ3v) is 3.77. The van der Waals surface area contributed by atoms with Crippen LogP contribution in [0.5, 0.6) is 0 Å². The van der Waals surface area contributed by atoms with Crippen LogP contribution in [0.2, 0.25) is 0 Å². The number of anilines is 2. The highest BCUT2D eigenvalue weighted by molar-refractivity contribution is 6.17. The van der Waals surface area contributed by atoms with Gasteiger partial charge in [0.05, 0.1) is 11.9 Å². The molecule has 1 saturated heterocycles. The summed E-state index contributed by atoms with van der Waals surface area (Å²) >= 11 is 5.59. The molecule has 2 rings (SSSR count). The minimum absolute atomic E-state index is 0.0302. The maximum Gasteiger partial charge on any atom is 0.224 e. The van der Waals surface area contributed by atoms with Crippen molar-refractivity contribution < 1.29 is 4.79 Å². The second-order valence-electron chi connectivity index (χ2n) is 5.15. The highest BCUT2D eigenvalue weighted by Crippen LogP contribution is 2.19. The van der Waals surface area contributed by atoms with E-state index in [9.17, 15) is 4.79 Å². The van der Waals surface area contributed by atoms with Crippen molar-refractivity contribution >= 4 is 29.0 Å². The van der Waals surface area contributed by atoms with Crippen LogP contribution in [0.15, 0.2) is 18.3 Å². The minimum Gasteiger partial charge on any atom is -0.357 e. The molecular weight excluding hydrogens is 274 g/mol. The molecule has 1 aromatic heterocycles. The van der Waals surface area contributed by atoms with Gasteiger partial charge in [0.1, 0.15) is 5.82 Å². The Morgan fingerprint density at radius 1 is 1.25 bits per heavy atom. The summed E-state index contributed by atoms with van der Waals surface area (Å²) in [5.74, 6) is 1.65. The Morgan fingerprint density at radius 2 is 2.05 bits per heavy atom. The number of nitrogens with zero attached hydrogens (tertiary/aromatic N) is 2. The molecule has 0 spiro atoms. The molecule has 20 heavy (non-hydrogen) atoms. The Balaban J connectivity index is 1.83. The van der Waals surface area contributed by atoms with Gasteiger partial charge in [-0.25, -0.2) is 4.98 Å². The number of pyridine rings is 1. The lowest BCUT2D eigenvalue weighted by molar-refractivity contribution is -0.116. The van der Waals surface area contributed by atoms with E-state index in [1.807, 2.05) is 12.1 Å². The fourth-order valence-corrected chi connectivity index (χ4v) is 2.56. The van der Waals surface area contributed by atoms with E-state index in [2.05, 4.69) is 15.2 Å². The van der Waals surface area contributed by atoms with Gasteiger partial charge in [-0.1, -0.05) is 0 Å². The summed E-state index contributed by atoms with van der Waals surface area (Å²) in [5.41, 5.74) is 0.765. The van der Waals surface area contributed by atoms with E-state index in [0.29, 0.717) is 12.3 Å². The number of halogens is 1. The first-order valence-electron chi connectivity index (χ1n) is 7.36. The van der Waals surface area contributed by atoms with Crippen LogP contribution in [0.3, 0.4) is 0 Å². The lowest BCUT2D eigenvalue weighted by atomic mass is 10.1. The zero-order valence-corrected chi connectivity index (χ0v) is 12.5. The van der Waals surface area contributed by atoms with Crippen molar-refractivity contribution in [2.24, 2.45) is 0 Å². The summed E-state index contributed by atoms with van der Waals surface area (Å²) < 4.78 is 0. The molecular formula is C15H22ClN3O. The number of hydrogen-bond acceptors (Lipinski definition) is 3. The zero-order valence-electron chi connectivity index (χ0n) is 11.8. The monoisotopic (exact) mass is 295 g/mol. The molecule has 0 aromatic carbocycles. The summed E-state index contributed by atoms with van der Waals surface area (Å²) in [5, 5.41) is 2.87. The highest BCUT2D eigenvalue weighted by atomic mass is 35.5. The number of carbonyl (C=O) groups is 1. The van der Waals surface area contributed by atoms with Crippen LogP contribution in [0.25, 0.3) is 0 Å². The fraction of sp³-hybridized carbons (Fsp3) is 0.600. The molecule has 4 nitrogen and oxygen atoms in total. The molecule has 1 fully saturated rings. The van der Waals surface area contributed by atoms with Gasteiger partial charge in [0, 0.05) is 25.4 Å². The van der Waals surface area contributed by atoms with E-state index in [4.69, 9.17) is 11.6 Å². The van der Waals surface area contributed by atoms with E-state index < -0.39 is 0 Å². The smallest absolute Gasteiger partial charge is 0.224 e. The van der Waals surface area contributed by atoms with Gasteiger partial charge in [-0.15, -0.1) is 11.6 Å². The summed E-state index contributed by atoms with van der Waals surface area (Å²) in [6, 6.07) is 3.91. The number of unbranched alkanes of at least 4 members (excludes halogenated alkanes) is 1. The summed E-state index contributed by atoms with van der Waals surface area (Å²) in [6.07, 6.45) is 7.74. The molecule has 2 heterocycles. The second kappa shape index (κ2) is 8.10. The summed E-state index contributed by atoms with van der Waals surface area (Å²) in [6.45, 7) is 2.16. The number of carbonyl (C=O) groups excluding carboxylic acids is 1. The Bertz CT molecular complexity index is 416. The maximum absolute atomic E-state index is 11.7. The Kier molecular flexibility index (Phi) is 6.12. The molecule has 1 N–H and O–H groups in total. The predicted octanol–water partition coefficient (Wildman–Crippen LogP) is 3.42. The minimum atomic E-state index is 0.0302. The van der Waals surface area contributed by atoms with E-state index >= 15 is 0 Å². The van der Waals surface area contributed by atoms with Crippen molar-refractivity contribution in [1.82, 2.24) is 4.98 Å². The Labute approximate surface area is 125 Å². The molecule has 1 aliphatic rings. The molecule has 0 atom stereocenters. The zero-order chi connectivity index (χ0) is 14.2. The largest absolute Gasteiger partial charge is 0.357 e. The third-order valence-electron chi connectivity index (χ3n) is 3.50. The number of amides is 1. The number of rotatable bonds is 6. The molecule has 0 radical (unpaired) electrons. The van der Waals surface area contributed by atoms with Crippen LogP contribution in [-0.2, 0) is 4.79 Å². The normalized spacial score (nSPS) is 15.2. The van der Waals surface area contributed by atoms with Gasteiger partial charge in [-0.2, -0.15) is 0 Å². The number of piperidine rings is 1. The van der Waals surface area contributed by atoms with E-state index in [1.165, 1.54) is 19.3 Å². The first-order chi connectivity index (χ1) is 9.79. The van der Waals surface area contributed by atoms with Crippen LogP contribution in [0, 0.1) is 0 Å². The van der Waals surface area contributed by atoms with Crippen molar-refractivity contribution in [2.75, 3.05) is 29.2 Å². The molecule has 110 valence electrons. The van der Waals surface area contributed by atoms with Crippen LogP contribution in [0.4, 0.5) is 11.5 Å². The highest BCUT2D eigenvalue weighted by Gasteiger charge is 2.11. The van der Waals surface area contributed by atoms with Gasteiger partial charge in [0.25, 0.3) is 0 Å². The van der Waals surface area contributed by atoms with E-state index in [0.717, 1.165) is 37.4 Å². The first kappa shape index (κ1) is 15.1. The Hall–Kier alpha value is -1.29. The topological polar surface area (TPSA) is 45.2 Å². The number of nitrogens with one attached hydrogen (secondary N) is 1. The van der Waals surface area contributed by atoms with Crippen LogP contribution < -0.4 is 10.2 Å². The van der Waals surface area contributed by atoms with Crippen LogP contribution in [-0.4, -0.2) is 29.9 Å². The van der Waals surface area contributed by atoms with Crippen molar-refractivity contribution in [3.8, 4) is 0 Å². The standard InChI is InChI=1S/C15H22ClN3O/c16-9-3-2-6-15(20)18-13-7-8-14(17-12-13)19-10-4-1-5-11-19/h7-8,12H,1-6,9-11H2,(H,18,20). The fourth-order valence-electron chi connectivity index (χ4n) is 2.37. The molecule has 0 saturated carbocycles. The Morgan fingerprint density at radius 3 is 2.70 bits per heavy atom. The first-order valence-corrected chi connectivity index (χ1v) is 7.90. The molecule has 5 heteroatoms. The van der Waals surface area contributed by atoms with Gasteiger partial charge in [0.15, 0.2) is 0 Å². The van der Waals surface area contributed by atoms with Crippen molar-refractivity contribution in [3.05, 3.63) is 18.3 Å². The molecule has 1 aliphatic heterocycles. The molecule has 0 aliphatic carbocycles. The van der Waals surface area contributed by atoms with Gasteiger partial charge < -0.3 is 10.2 Å². The number of aromatic nitrogens is 1. The van der Waals surface area contributed by atoms with Gasteiger partial charge in [-0.05, 0) is 44.2 Å². The van der Waals surface area contributed by atoms with Gasteiger partial charge >= 0.3 is 0 Å². The number of alkyl halides is 1. The van der Waals surface area contributed by atoms with Crippen LogP contribution in [0.1, 0.15) is 38.5 Å². The lowest BCUT2D eigenvalue weighted by Crippen LogP contribution is -2.30. The molecule has 1 amide bonds. The van der Waals surface area contributed by atoms with Crippen molar-refractivity contribution in [2.45, 2.75) is 38.5 Å². The van der Waals surface area contributed by atoms with Gasteiger partial charge in [-0.3, -0.25) is 4.79 Å². The van der Waals surface area contributed by atoms with Crippen LogP contribution >= 0.6 is 11.6 Å². The third kappa shape index (κ3) is 4.67. The summed E-state index contributed by atoms with van der Waals surface area (Å²) in [4.78, 5) is 18.4. The number of hydrogen-bond donors (Lipinski definition) is 1. The SMILES string of the molecule is O=C(CCCCCl)Nc1ccc(N2CCCCC2)nc1. The van der Waals surface area contributed by atoms with Gasteiger partial charge in [0.2, 0.25) is 5.91 Å². The molecule has 0 bridgehead atoms. The van der Waals surface area contributed by atoms with E-state index in [-0.39, 0.29) is 5.91 Å². The van der Waals surface area contributed by atoms with Crippen molar-refractivity contribution in [1.29, 1.82) is 0 Å². The average Bonchev–Trinajstić information content (AvgIpc) is 2.49. The molecule has 1 aromatic rings. The molecule has 0 unspecified atom stereocenters. The average molecular weight is 296 g/mol. The second-order valence-corrected chi connectivity index (χ2v) is 5.53. The van der Waals surface area contributed by atoms with E-state index in [1.54, 1.807) is 6.20 Å². The lowest BCUT2D eigenvalue weighted by Gasteiger charge is -2.27. The quantitative estimate of drug-likeness (QED) is 0.646. The predicted molar refractivity (Wildman–Crippen MR) is 83.5 cm³/mol. The van der Waals surface area contributed by atoms with Crippen molar-refractivity contribution in [3.63, 3.8) is 0 Å². The maximum atomic E-state index is 11.7.